The van der Waals surface area contributed by atoms with Gasteiger partial charge in [-0.1, -0.05) is 144 Å². The van der Waals surface area contributed by atoms with Crippen molar-refractivity contribution in [3.8, 4) is 0 Å². The van der Waals surface area contributed by atoms with Gasteiger partial charge in [0.2, 0.25) is 0 Å². The number of aliphatic carboxylic acids is 1. The number of hydrogen-bond acceptors (Lipinski definition) is 4. The van der Waals surface area contributed by atoms with Gasteiger partial charge in [-0.2, -0.15) is 11.4 Å². The second kappa shape index (κ2) is 21.4. The number of fused-ring (bicyclic) bond motifs is 7. The molecular weight excluding hydrogens is 785 g/mol. The molecule has 62 heavy (non-hydrogen) atoms. The van der Waals surface area contributed by atoms with Gasteiger partial charge in [-0.05, 0) is 88.7 Å². The van der Waals surface area contributed by atoms with Crippen LogP contribution in [0.15, 0.2) is 29.6 Å². The summed E-state index contributed by atoms with van der Waals surface area (Å²) < 4.78 is 5.73. The molecule has 0 amide bonds. The van der Waals surface area contributed by atoms with Crippen LogP contribution in [0.3, 0.4) is 0 Å². The van der Waals surface area contributed by atoms with E-state index in [1.54, 1.807) is 0 Å². The predicted octanol–water partition coefficient (Wildman–Crippen LogP) is 9.64. The number of carboxylic acids is 1. The van der Waals surface area contributed by atoms with Gasteiger partial charge >= 0.3 is 35.0 Å². The molecule has 0 saturated carbocycles. The average molecular weight is 851 g/mol. The topological polar surface area (TPSA) is 137 Å². The summed E-state index contributed by atoms with van der Waals surface area (Å²) in [5.41, 5.74) is 9.99. The molecule has 1 aliphatic carbocycles. The largest absolute Gasteiger partial charge is 2.00 e. The molecule has 0 unspecified atom stereocenters. The van der Waals surface area contributed by atoms with Crippen LogP contribution in [0.25, 0.3) is 35.2 Å². The van der Waals surface area contributed by atoms with Gasteiger partial charge < -0.3 is 30.1 Å². The molecule has 3 aliphatic rings. The van der Waals surface area contributed by atoms with E-state index in [4.69, 9.17) is 25.0 Å². The van der Waals surface area contributed by atoms with Gasteiger partial charge in [0.25, 0.3) is 0 Å². The first-order valence-corrected chi connectivity index (χ1v) is 22.8. The van der Waals surface area contributed by atoms with Crippen molar-refractivity contribution >= 4 is 70.7 Å². The first kappa shape index (κ1) is 48.7. The molecule has 3 aromatic rings. The molecule has 3 aromatic heterocycles. The summed E-state index contributed by atoms with van der Waals surface area (Å²) >= 11 is 0. The van der Waals surface area contributed by atoms with Gasteiger partial charge in [0.05, 0.1) is 0 Å². The molecular formula is C52H66MgN4O5-2. The Morgan fingerprint density at radius 1 is 0.871 bits per heavy atom. The number of ketones is 1. The Balaban J connectivity index is 0.00000726. The van der Waals surface area contributed by atoms with E-state index < -0.39 is 17.7 Å². The average Bonchev–Trinajstić information content (AvgIpc) is 3.96. The molecule has 1 N–H and O–H groups in total. The maximum atomic E-state index is 14.1. The number of Topliss-reactive ketones (excluding diaryl/α,β-unsaturated/α-hetero) is 1. The van der Waals surface area contributed by atoms with Crippen LogP contribution in [-0.4, -0.2) is 52.5 Å². The van der Waals surface area contributed by atoms with Crippen molar-refractivity contribution in [2.45, 2.75) is 139 Å². The Morgan fingerprint density at radius 2 is 1.53 bits per heavy atom. The van der Waals surface area contributed by atoms with Crippen LogP contribution in [-0.2, 0) is 20.7 Å². The standard InChI is InChI=1S/C52H68N4O5.Mg/c1-11-14-17-29(4)18-15-19-30(5)20-16-21-31(6)24-25-61-45(57)23-22-38-34(9)41-26-39-32(7)36(12-2)43(53-39)27-40-33(8)37(13-3)44(54-40)28-42-35(10)46-50(56-42)47(49(38)55-41)48(51(46)58)52(59)60;/h12,24,26-30,34,38,48H,2,11,13-23,25H2,1,3-10H3,(H3,55,56,58,59,60);/q-2;+2/p-2/b31-24+,40-27-,41-26-,44-28-;/t29-,30-,34+,38+,48-;/m1./s1. The van der Waals surface area contributed by atoms with E-state index >= 15 is 0 Å². The zero-order valence-corrected chi connectivity index (χ0v) is 40.2. The summed E-state index contributed by atoms with van der Waals surface area (Å²) in [6, 6.07) is 0. The van der Waals surface area contributed by atoms with Gasteiger partial charge in [0.15, 0.2) is 5.78 Å². The Morgan fingerprint density at radius 3 is 2.19 bits per heavy atom. The number of aromatic nitrogens is 3. The van der Waals surface area contributed by atoms with Crippen LogP contribution in [0.1, 0.15) is 173 Å². The summed E-state index contributed by atoms with van der Waals surface area (Å²) in [6.45, 7) is 23.4. The van der Waals surface area contributed by atoms with E-state index in [0.717, 1.165) is 69.5 Å². The molecule has 1 saturated heterocycles. The number of carbonyl (C=O) groups excluding carboxylic acids is 2. The number of esters is 1. The molecule has 5 atom stereocenters. The van der Waals surface area contributed by atoms with E-state index in [1.165, 1.54) is 50.5 Å². The summed E-state index contributed by atoms with van der Waals surface area (Å²) in [6.07, 6.45) is 22.0. The summed E-state index contributed by atoms with van der Waals surface area (Å²) in [4.78, 5) is 55.5. The fraction of sp³-hybridized carbons (Fsp3) is 0.519. The SMILES string of the molecule is C=Cc1c2[n-]c(c1C)/C=C1\[N-]/C(=C3\c4[n-]c(c(C)c4C(=O)[C@@H]3C(=O)O)/C=c3\[n-]/c(c(C)c3CC)=C\2)[C@@H](CCC(=O)OC/C=C(\C)CCC[C@H](C)CCC[C@H](C)CCCC)[C@@H]1C.[Mg+2]. The fourth-order valence-corrected chi connectivity index (χ4v) is 9.65. The smallest absolute Gasteiger partial charge is 0.664 e. The minimum absolute atomic E-state index is 0. The van der Waals surface area contributed by atoms with Crippen LogP contribution in [0.4, 0.5) is 0 Å². The summed E-state index contributed by atoms with van der Waals surface area (Å²) in [5, 5.41) is 17.3. The van der Waals surface area contributed by atoms with Crippen molar-refractivity contribution in [1.82, 2.24) is 15.0 Å². The third-order valence-corrected chi connectivity index (χ3v) is 13.6. The Bertz CT molecular complexity index is 2380. The van der Waals surface area contributed by atoms with Crippen LogP contribution >= 0.6 is 0 Å². The van der Waals surface area contributed by atoms with Gasteiger partial charge in [0, 0.05) is 12.0 Å². The van der Waals surface area contributed by atoms with Crippen molar-refractivity contribution in [3.63, 3.8) is 0 Å². The number of ether oxygens (including phenoxy) is 1. The number of rotatable bonds is 19. The van der Waals surface area contributed by atoms with Gasteiger partial charge in [-0.15, -0.1) is 33.5 Å². The monoisotopic (exact) mass is 850 g/mol. The van der Waals surface area contributed by atoms with Gasteiger partial charge in [0.1, 0.15) is 12.5 Å². The number of unbranched alkanes of at least 4 members (excludes halogenated alkanes) is 1. The molecule has 2 aliphatic heterocycles. The molecule has 6 rings (SSSR count). The quantitative estimate of drug-likeness (QED) is 0.0545. The molecule has 0 radical (unpaired) electrons. The molecule has 9 nitrogen and oxygen atoms in total. The van der Waals surface area contributed by atoms with E-state index in [0.29, 0.717) is 51.8 Å². The number of nitrogens with zero attached hydrogens (tertiary/aromatic N) is 4. The molecule has 8 bridgehead atoms. The van der Waals surface area contributed by atoms with Crippen molar-refractivity contribution in [2.24, 2.45) is 29.6 Å². The van der Waals surface area contributed by atoms with Crippen molar-refractivity contribution in [1.29, 1.82) is 0 Å². The number of allylic oxidation sites excluding steroid dienone is 3. The van der Waals surface area contributed by atoms with Crippen molar-refractivity contribution in [2.75, 3.05) is 6.61 Å². The Kier molecular flexibility index (Phi) is 16.8. The molecule has 5 heterocycles. The normalized spacial score (nSPS) is 22.1. The second-order valence-electron chi connectivity index (χ2n) is 18.1. The summed E-state index contributed by atoms with van der Waals surface area (Å²) in [7, 11) is 0. The van der Waals surface area contributed by atoms with Crippen LogP contribution in [0.5, 0.6) is 0 Å². The Labute approximate surface area is 385 Å². The molecule has 1 fully saturated rings. The molecule has 328 valence electrons. The fourth-order valence-electron chi connectivity index (χ4n) is 9.65. The van der Waals surface area contributed by atoms with E-state index in [-0.39, 0.29) is 53.9 Å². The number of carbonyl (C=O) groups is 3. The third kappa shape index (κ3) is 10.4. The van der Waals surface area contributed by atoms with Crippen LogP contribution < -0.4 is 25.7 Å². The zero-order chi connectivity index (χ0) is 44.1. The van der Waals surface area contributed by atoms with Gasteiger partial charge in [-0.3, -0.25) is 14.4 Å². The minimum Gasteiger partial charge on any atom is -0.664 e. The maximum absolute atomic E-state index is 14.1. The predicted molar refractivity (Wildman–Crippen MR) is 251 cm³/mol. The van der Waals surface area contributed by atoms with E-state index in [2.05, 4.69) is 48.1 Å². The van der Waals surface area contributed by atoms with Crippen LogP contribution in [0, 0.1) is 50.4 Å². The van der Waals surface area contributed by atoms with Crippen molar-refractivity contribution in [3.05, 3.63) is 102 Å². The van der Waals surface area contributed by atoms with Crippen LogP contribution in [0.2, 0.25) is 0 Å². The third-order valence-electron chi connectivity index (χ3n) is 13.6. The minimum atomic E-state index is -1.45. The number of hydrogen-bond donors (Lipinski definition) is 1. The first-order chi connectivity index (χ1) is 29.2. The van der Waals surface area contributed by atoms with E-state index in [9.17, 15) is 19.5 Å². The zero-order valence-electron chi connectivity index (χ0n) is 38.7. The molecule has 10 heteroatoms. The van der Waals surface area contributed by atoms with E-state index in [1.807, 2.05) is 51.2 Å². The number of carboxylic acid groups (broad SMARTS) is 1. The first-order valence-electron chi connectivity index (χ1n) is 22.8. The molecule has 0 spiro atoms. The Hall–Kier alpha value is -4.28. The summed E-state index contributed by atoms with van der Waals surface area (Å²) in [5.74, 6) is -2.59. The van der Waals surface area contributed by atoms with Crippen molar-refractivity contribution < 1.29 is 24.2 Å². The second-order valence-corrected chi connectivity index (χ2v) is 18.1. The molecule has 0 aromatic carbocycles. The van der Waals surface area contributed by atoms with Gasteiger partial charge in [-0.25, -0.2) is 0 Å². The maximum Gasteiger partial charge on any atom is 2.00 e.